The van der Waals surface area contributed by atoms with Gasteiger partial charge in [0.2, 0.25) is 5.91 Å². The standard InChI is InChI=1S/C14H23N5O/c1-2-16-12(14(15)20)11-18-7-9-19(10-8-18)13-5-3-4-6-17-13/h3-6,12,16H,2,7-11H2,1H3,(H2,15,20). The smallest absolute Gasteiger partial charge is 0.235 e. The molecule has 2 heterocycles. The number of hydrogen-bond donors (Lipinski definition) is 2. The molecule has 0 saturated carbocycles. The van der Waals surface area contributed by atoms with Crippen LogP contribution in [0, 0.1) is 0 Å². The number of primary amides is 1. The first-order valence-electron chi connectivity index (χ1n) is 7.11. The maximum absolute atomic E-state index is 11.4. The second kappa shape index (κ2) is 7.21. The predicted molar refractivity (Wildman–Crippen MR) is 79.5 cm³/mol. The molecule has 0 radical (unpaired) electrons. The van der Waals surface area contributed by atoms with Crippen molar-refractivity contribution in [2.75, 3.05) is 44.2 Å². The molecule has 0 bridgehead atoms. The van der Waals surface area contributed by atoms with Gasteiger partial charge in [0.25, 0.3) is 0 Å². The minimum absolute atomic E-state index is 0.263. The number of likely N-dealkylation sites (N-methyl/N-ethyl adjacent to an activating group) is 1. The lowest BCUT2D eigenvalue weighted by Gasteiger charge is -2.36. The summed E-state index contributed by atoms with van der Waals surface area (Å²) in [5.74, 6) is 0.740. The number of nitrogens with one attached hydrogen (secondary N) is 1. The zero-order chi connectivity index (χ0) is 14.4. The molecule has 1 aromatic rings. The van der Waals surface area contributed by atoms with Crippen molar-refractivity contribution in [1.29, 1.82) is 0 Å². The van der Waals surface area contributed by atoms with Crippen molar-refractivity contribution in [2.24, 2.45) is 5.73 Å². The number of aromatic nitrogens is 1. The number of rotatable bonds is 6. The van der Waals surface area contributed by atoms with Gasteiger partial charge >= 0.3 is 0 Å². The molecule has 1 aliphatic heterocycles. The highest BCUT2D eigenvalue weighted by Crippen LogP contribution is 2.12. The quantitative estimate of drug-likeness (QED) is 0.744. The molecule has 1 amide bonds. The third-order valence-corrected chi connectivity index (χ3v) is 3.58. The van der Waals surface area contributed by atoms with Crippen molar-refractivity contribution in [2.45, 2.75) is 13.0 Å². The normalized spacial score (nSPS) is 17.9. The van der Waals surface area contributed by atoms with Gasteiger partial charge in [-0.3, -0.25) is 9.69 Å². The molecular weight excluding hydrogens is 254 g/mol. The average molecular weight is 277 g/mol. The van der Waals surface area contributed by atoms with Gasteiger partial charge in [0, 0.05) is 38.9 Å². The van der Waals surface area contributed by atoms with E-state index in [-0.39, 0.29) is 11.9 Å². The fourth-order valence-corrected chi connectivity index (χ4v) is 2.46. The van der Waals surface area contributed by atoms with Crippen LogP contribution in [0.5, 0.6) is 0 Å². The molecular formula is C14H23N5O. The van der Waals surface area contributed by atoms with Gasteiger partial charge in [0.05, 0.1) is 6.04 Å². The maximum atomic E-state index is 11.4. The molecule has 3 N–H and O–H groups in total. The van der Waals surface area contributed by atoms with Gasteiger partial charge in [-0.2, -0.15) is 0 Å². The molecule has 1 aromatic heterocycles. The number of hydrogen-bond acceptors (Lipinski definition) is 5. The largest absolute Gasteiger partial charge is 0.368 e. The van der Waals surface area contributed by atoms with Crippen LogP contribution in [0.2, 0.25) is 0 Å². The first kappa shape index (κ1) is 14.7. The maximum Gasteiger partial charge on any atom is 0.235 e. The third kappa shape index (κ3) is 3.91. The summed E-state index contributed by atoms with van der Waals surface area (Å²) in [7, 11) is 0. The van der Waals surface area contributed by atoms with E-state index in [1.807, 2.05) is 31.3 Å². The van der Waals surface area contributed by atoms with E-state index in [0.717, 1.165) is 38.5 Å². The summed E-state index contributed by atoms with van der Waals surface area (Å²) in [6.45, 7) is 7.11. The number of piperazine rings is 1. The molecule has 6 nitrogen and oxygen atoms in total. The van der Waals surface area contributed by atoms with E-state index in [2.05, 4.69) is 20.1 Å². The van der Waals surface area contributed by atoms with Crippen LogP contribution in [-0.4, -0.2) is 61.1 Å². The summed E-state index contributed by atoms with van der Waals surface area (Å²) >= 11 is 0. The summed E-state index contributed by atoms with van der Waals surface area (Å²) in [5.41, 5.74) is 5.41. The van der Waals surface area contributed by atoms with Crippen LogP contribution in [0.15, 0.2) is 24.4 Å². The van der Waals surface area contributed by atoms with Gasteiger partial charge in [-0.1, -0.05) is 13.0 Å². The van der Waals surface area contributed by atoms with Gasteiger partial charge < -0.3 is 16.0 Å². The van der Waals surface area contributed by atoms with E-state index in [1.165, 1.54) is 0 Å². The SMILES string of the molecule is CCNC(CN1CCN(c2ccccn2)CC1)C(N)=O. The molecule has 1 aliphatic rings. The minimum Gasteiger partial charge on any atom is -0.368 e. The summed E-state index contributed by atoms with van der Waals surface area (Å²) in [4.78, 5) is 20.3. The zero-order valence-electron chi connectivity index (χ0n) is 12.0. The Hall–Kier alpha value is -1.66. The molecule has 1 atom stereocenters. The highest BCUT2D eigenvalue weighted by Gasteiger charge is 2.22. The van der Waals surface area contributed by atoms with Crippen molar-refractivity contribution in [3.05, 3.63) is 24.4 Å². The van der Waals surface area contributed by atoms with E-state index in [1.54, 1.807) is 0 Å². The molecule has 0 spiro atoms. The number of nitrogens with two attached hydrogens (primary N) is 1. The monoisotopic (exact) mass is 277 g/mol. The summed E-state index contributed by atoms with van der Waals surface area (Å²) < 4.78 is 0. The third-order valence-electron chi connectivity index (χ3n) is 3.58. The summed E-state index contributed by atoms with van der Waals surface area (Å²) in [6, 6.07) is 5.69. The van der Waals surface area contributed by atoms with Crippen LogP contribution < -0.4 is 16.0 Å². The lowest BCUT2D eigenvalue weighted by atomic mass is 10.2. The Balaban J connectivity index is 1.83. The Morgan fingerprint density at radius 3 is 2.70 bits per heavy atom. The summed E-state index contributed by atoms with van der Waals surface area (Å²) in [5, 5.41) is 3.13. The first-order valence-corrected chi connectivity index (χ1v) is 7.11. The fraction of sp³-hybridized carbons (Fsp3) is 0.571. The van der Waals surface area contributed by atoms with Gasteiger partial charge in [-0.25, -0.2) is 4.98 Å². The first-order chi connectivity index (χ1) is 9.70. The second-order valence-electron chi connectivity index (χ2n) is 4.99. The fourth-order valence-electron chi connectivity index (χ4n) is 2.46. The molecule has 110 valence electrons. The van der Waals surface area contributed by atoms with Crippen molar-refractivity contribution in [1.82, 2.24) is 15.2 Å². The molecule has 1 unspecified atom stereocenters. The highest BCUT2D eigenvalue weighted by molar-refractivity contribution is 5.80. The van der Waals surface area contributed by atoms with Crippen LogP contribution in [-0.2, 0) is 4.79 Å². The average Bonchev–Trinajstić information content (AvgIpc) is 2.48. The molecule has 6 heteroatoms. The van der Waals surface area contributed by atoms with E-state index in [4.69, 9.17) is 5.73 Å². The van der Waals surface area contributed by atoms with E-state index in [0.29, 0.717) is 6.54 Å². The zero-order valence-corrected chi connectivity index (χ0v) is 12.0. The minimum atomic E-state index is -0.279. The molecule has 1 fully saturated rings. The number of anilines is 1. The lowest BCUT2D eigenvalue weighted by Crippen LogP contribution is -2.54. The van der Waals surface area contributed by atoms with Crippen LogP contribution in [0.4, 0.5) is 5.82 Å². The Kier molecular flexibility index (Phi) is 5.31. The highest BCUT2D eigenvalue weighted by atomic mass is 16.1. The molecule has 1 saturated heterocycles. The summed E-state index contributed by atoms with van der Waals surface area (Å²) in [6.07, 6.45) is 1.82. The van der Waals surface area contributed by atoms with Crippen LogP contribution in [0.3, 0.4) is 0 Å². The van der Waals surface area contributed by atoms with Crippen molar-refractivity contribution < 1.29 is 4.79 Å². The van der Waals surface area contributed by atoms with Crippen LogP contribution in [0.25, 0.3) is 0 Å². The van der Waals surface area contributed by atoms with Crippen molar-refractivity contribution >= 4 is 11.7 Å². The molecule has 0 aliphatic carbocycles. The van der Waals surface area contributed by atoms with Crippen molar-refractivity contribution in [3.63, 3.8) is 0 Å². The number of pyridine rings is 1. The number of nitrogens with zero attached hydrogens (tertiary/aromatic N) is 3. The number of carbonyl (C=O) groups excluding carboxylic acids is 1. The van der Waals surface area contributed by atoms with E-state index in [9.17, 15) is 4.79 Å². The lowest BCUT2D eigenvalue weighted by molar-refractivity contribution is -0.120. The topological polar surface area (TPSA) is 74.5 Å². The second-order valence-corrected chi connectivity index (χ2v) is 4.99. The van der Waals surface area contributed by atoms with Crippen LogP contribution in [0.1, 0.15) is 6.92 Å². The van der Waals surface area contributed by atoms with E-state index < -0.39 is 0 Å². The Morgan fingerprint density at radius 2 is 2.15 bits per heavy atom. The van der Waals surface area contributed by atoms with E-state index >= 15 is 0 Å². The Morgan fingerprint density at radius 1 is 1.40 bits per heavy atom. The number of carbonyl (C=O) groups is 1. The number of amides is 1. The van der Waals surface area contributed by atoms with Gasteiger partial charge in [0.15, 0.2) is 0 Å². The molecule has 0 aromatic carbocycles. The Labute approximate surface area is 120 Å². The predicted octanol–water partition coefficient (Wildman–Crippen LogP) is -0.333. The van der Waals surface area contributed by atoms with Gasteiger partial charge in [-0.15, -0.1) is 0 Å². The Bertz CT molecular complexity index is 417. The molecule has 20 heavy (non-hydrogen) atoms. The van der Waals surface area contributed by atoms with Crippen LogP contribution >= 0.6 is 0 Å². The van der Waals surface area contributed by atoms with Crippen molar-refractivity contribution in [3.8, 4) is 0 Å². The van der Waals surface area contributed by atoms with Gasteiger partial charge in [-0.05, 0) is 18.7 Å². The van der Waals surface area contributed by atoms with Gasteiger partial charge in [0.1, 0.15) is 5.82 Å². The molecule has 2 rings (SSSR count).